The molecule has 2 aromatic rings. The minimum absolute atomic E-state index is 0.0491. The lowest BCUT2D eigenvalue weighted by atomic mass is 9.93. The summed E-state index contributed by atoms with van der Waals surface area (Å²) in [6, 6.07) is 3.26. The summed E-state index contributed by atoms with van der Waals surface area (Å²) < 4.78 is 40.6. The molecule has 1 fully saturated rings. The number of phenolic OH excluding ortho intramolecular Hbond substituents is 1. The molecule has 0 radical (unpaired) electrons. The van der Waals surface area contributed by atoms with Crippen molar-refractivity contribution in [2.24, 2.45) is 0 Å². The summed E-state index contributed by atoms with van der Waals surface area (Å²) in [5.41, 5.74) is 0.894. The first-order chi connectivity index (χ1) is 12.7. The summed E-state index contributed by atoms with van der Waals surface area (Å²) in [7, 11) is 0. The Morgan fingerprint density at radius 1 is 1.22 bits per heavy atom. The maximum Gasteiger partial charge on any atom is 0.573 e. The van der Waals surface area contributed by atoms with Gasteiger partial charge in [0.15, 0.2) is 0 Å². The average molecular weight is 384 g/mol. The number of ether oxygens (including phenoxy) is 1. The van der Waals surface area contributed by atoms with Crippen LogP contribution in [0.15, 0.2) is 18.2 Å². The molecule has 1 heterocycles. The Bertz CT molecular complexity index is 816. The molecule has 27 heavy (non-hydrogen) atoms. The molecule has 146 valence electrons. The Balaban J connectivity index is 1.77. The number of aliphatic hydroxyl groups is 1. The molecule has 3 N–H and O–H groups in total. The molecule has 7 nitrogen and oxygen atoms in total. The maximum absolute atomic E-state index is 12.3. The van der Waals surface area contributed by atoms with Crippen LogP contribution in [0.25, 0.3) is 11.3 Å². The Labute approximate surface area is 153 Å². The van der Waals surface area contributed by atoms with Crippen molar-refractivity contribution in [3.63, 3.8) is 0 Å². The van der Waals surface area contributed by atoms with Crippen LogP contribution >= 0.6 is 0 Å². The van der Waals surface area contributed by atoms with Crippen LogP contribution in [0.1, 0.15) is 31.4 Å². The summed E-state index contributed by atoms with van der Waals surface area (Å²) in [5, 5.41) is 30.9. The number of aliphatic hydroxyl groups excluding tert-OH is 1. The molecule has 0 spiro atoms. The first-order valence-electron chi connectivity index (χ1n) is 8.46. The number of alkyl halides is 3. The van der Waals surface area contributed by atoms with E-state index in [4.69, 9.17) is 0 Å². The number of hydrogen-bond acceptors (Lipinski definition) is 7. The van der Waals surface area contributed by atoms with Crippen LogP contribution < -0.4 is 10.1 Å². The Kier molecular flexibility index (Phi) is 5.36. The molecule has 3 rings (SSSR count). The molecule has 1 aliphatic carbocycles. The maximum atomic E-state index is 12.3. The highest BCUT2D eigenvalue weighted by Gasteiger charge is 2.31. The smallest absolute Gasteiger partial charge is 0.507 e. The molecule has 0 amide bonds. The molecule has 0 saturated heterocycles. The summed E-state index contributed by atoms with van der Waals surface area (Å²) in [6.45, 7) is 1.66. The fourth-order valence-electron chi connectivity index (χ4n) is 3.10. The number of phenols is 1. The van der Waals surface area contributed by atoms with Crippen molar-refractivity contribution in [2.45, 2.75) is 51.1 Å². The van der Waals surface area contributed by atoms with Gasteiger partial charge >= 0.3 is 6.36 Å². The van der Waals surface area contributed by atoms with Gasteiger partial charge in [-0.05, 0) is 44.7 Å². The van der Waals surface area contributed by atoms with E-state index in [1.54, 1.807) is 6.92 Å². The molecule has 0 unspecified atom stereocenters. The number of anilines is 1. The van der Waals surface area contributed by atoms with Gasteiger partial charge in [-0.25, -0.2) is 4.98 Å². The van der Waals surface area contributed by atoms with E-state index in [0.29, 0.717) is 18.1 Å². The topological polar surface area (TPSA) is 100 Å². The SMILES string of the molecule is Cc1nc(N[C@@H]2CCC[C@H](O)C2)nnc1-c1ccc(OC(F)(F)F)cc1O. The van der Waals surface area contributed by atoms with Crippen molar-refractivity contribution in [1.29, 1.82) is 0 Å². The van der Waals surface area contributed by atoms with Gasteiger partial charge in [0, 0.05) is 17.7 Å². The standard InChI is InChI=1S/C17H19F3N4O3/c1-9-15(13-6-5-12(8-14(13)26)27-17(18,19)20)23-24-16(21-9)22-10-3-2-4-11(25)7-10/h5-6,8,10-11,25-26H,2-4,7H2,1H3,(H,21,22,24)/t10-,11+/m1/s1. The zero-order chi connectivity index (χ0) is 19.6. The van der Waals surface area contributed by atoms with Gasteiger partial charge in [-0.2, -0.15) is 0 Å². The van der Waals surface area contributed by atoms with Crippen LogP contribution in [0.2, 0.25) is 0 Å². The van der Waals surface area contributed by atoms with Gasteiger partial charge < -0.3 is 20.3 Å². The number of hydrogen-bond donors (Lipinski definition) is 3. The van der Waals surface area contributed by atoms with Crippen LogP contribution in [0.4, 0.5) is 19.1 Å². The normalized spacial score (nSPS) is 20.3. The van der Waals surface area contributed by atoms with Crippen molar-refractivity contribution in [3.8, 4) is 22.8 Å². The third kappa shape index (κ3) is 4.97. The number of rotatable bonds is 4. The lowest BCUT2D eigenvalue weighted by Gasteiger charge is -2.26. The van der Waals surface area contributed by atoms with Crippen LogP contribution in [0.5, 0.6) is 11.5 Å². The second kappa shape index (κ2) is 7.55. The number of halogens is 3. The molecular weight excluding hydrogens is 365 g/mol. The number of aromatic nitrogens is 3. The number of benzene rings is 1. The van der Waals surface area contributed by atoms with Crippen molar-refractivity contribution < 1.29 is 28.1 Å². The first-order valence-corrected chi connectivity index (χ1v) is 8.46. The highest BCUT2D eigenvalue weighted by Crippen LogP contribution is 2.34. The number of aryl methyl sites for hydroxylation is 1. The van der Waals surface area contributed by atoms with Crippen LogP contribution in [0, 0.1) is 6.92 Å². The monoisotopic (exact) mass is 384 g/mol. The first kappa shape index (κ1) is 19.2. The molecule has 1 aromatic carbocycles. The van der Waals surface area contributed by atoms with E-state index in [-0.39, 0.29) is 23.4 Å². The van der Waals surface area contributed by atoms with E-state index < -0.39 is 17.9 Å². The quantitative estimate of drug-likeness (QED) is 0.744. The van der Waals surface area contributed by atoms with E-state index in [2.05, 4.69) is 25.2 Å². The molecule has 1 saturated carbocycles. The fourth-order valence-corrected chi connectivity index (χ4v) is 3.10. The van der Waals surface area contributed by atoms with E-state index >= 15 is 0 Å². The second-order valence-corrected chi connectivity index (χ2v) is 6.46. The van der Waals surface area contributed by atoms with Crippen LogP contribution in [-0.4, -0.2) is 43.9 Å². The van der Waals surface area contributed by atoms with Crippen molar-refractivity contribution in [3.05, 3.63) is 23.9 Å². The molecule has 10 heteroatoms. The van der Waals surface area contributed by atoms with Crippen LogP contribution in [0.3, 0.4) is 0 Å². The molecule has 1 aliphatic rings. The van der Waals surface area contributed by atoms with E-state index in [9.17, 15) is 23.4 Å². The highest BCUT2D eigenvalue weighted by atomic mass is 19.4. The zero-order valence-electron chi connectivity index (χ0n) is 14.5. The lowest BCUT2D eigenvalue weighted by molar-refractivity contribution is -0.274. The summed E-state index contributed by atoms with van der Waals surface area (Å²) >= 11 is 0. The van der Waals surface area contributed by atoms with Gasteiger partial charge in [0.05, 0.1) is 11.8 Å². The minimum Gasteiger partial charge on any atom is -0.507 e. The largest absolute Gasteiger partial charge is 0.573 e. The number of nitrogens with one attached hydrogen (secondary N) is 1. The predicted molar refractivity (Wildman–Crippen MR) is 90.2 cm³/mol. The Morgan fingerprint density at radius 2 is 2.00 bits per heavy atom. The highest BCUT2D eigenvalue weighted by molar-refractivity contribution is 5.69. The van der Waals surface area contributed by atoms with Gasteiger partial charge in [-0.1, -0.05) is 0 Å². The predicted octanol–water partition coefficient (Wildman–Crippen LogP) is 3.17. The van der Waals surface area contributed by atoms with Gasteiger partial charge in [0.25, 0.3) is 0 Å². The number of nitrogens with zero attached hydrogens (tertiary/aromatic N) is 3. The van der Waals surface area contributed by atoms with E-state index in [0.717, 1.165) is 31.4 Å². The van der Waals surface area contributed by atoms with Gasteiger partial charge in [0.1, 0.15) is 17.2 Å². The summed E-state index contributed by atoms with van der Waals surface area (Å²) in [6.07, 6.45) is -2.01. The van der Waals surface area contributed by atoms with Gasteiger partial charge in [-0.3, -0.25) is 0 Å². The molecule has 0 aliphatic heterocycles. The molecular formula is C17H19F3N4O3. The van der Waals surface area contributed by atoms with Crippen molar-refractivity contribution in [2.75, 3.05) is 5.32 Å². The number of aromatic hydroxyl groups is 1. The van der Waals surface area contributed by atoms with Gasteiger partial charge in [0.2, 0.25) is 5.95 Å². The van der Waals surface area contributed by atoms with E-state index in [1.165, 1.54) is 6.07 Å². The van der Waals surface area contributed by atoms with E-state index in [1.807, 2.05) is 0 Å². The minimum atomic E-state index is -4.84. The van der Waals surface area contributed by atoms with Crippen LogP contribution in [-0.2, 0) is 0 Å². The molecule has 1 aromatic heterocycles. The second-order valence-electron chi connectivity index (χ2n) is 6.46. The summed E-state index contributed by atoms with van der Waals surface area (Å²) in [5.74, 6) is -0.657. The van der Waals surface area contributed by atoms with Crippen molar-refractivity contribution in [1.82, 2.24) is 15.2 Å². The molecule has 2 atom stereocenters. The molecule has 0 bridgehead atoms. The Hall–Kier alpha value is -2.62. The zero-order valence-corrected chi connectivity index (χ0v) is 14.5. The average Bonchev–Trinajstić information content (AvgIpc) is 2.54. The van der Waals surface area contributed by atoms with Crippen molar-refractivity contribution >= 4 is 5.95 Å². The third-order valence-electron chi connectivity index (χ3n) is 4.30. The van der Waals surface area contributed by atoms with Gasteiger partial charge in [-0.15, -0.1) is 23.4 Å². The fraction of sp³-hybridized carbons (Fsp3) is 0.471. The lowest BCUT2D eigenvalue weighted by Crippen LogP contribution is -2.30. The summed E-state index contributed by atoms with van der Waals surface area (Å²) in [4.78, 5) is 4.30. The Morgan fingerprint density at radius 3 is 2.63 bits per heavy atom. The third-order valence-corrected chi connectivity index (χ3v) is 4.30.